The van der Waals surface area contributed by atoms with Crippen LogP contribution >= 0.6 is 0 Å². The Morgan fingerprint density at radius 2 is 1.96 bits per heavy atom. The first kappa shape index (κ1) is 19.8. The Hall–Kier alpha value is -2.94. The van der Waals surface area contributed by atoms with Crippen molar-refractivity contribution in [3.05, 3.63) is 42.2 Å². The van der Waals surface area contributed by atoms with Crippen LogP contribution in [-0.2, 0) is 14.6 Å². The van der Waals surface area contributed by atoms with Crippen LogP contribution in [0.25, 0.3) is 22.2 Å². The summed E-state index contributed by atoms with van der Waals surface area (Å²) >= 11 is 0. The van der Waals surface area contributed by atoms with Gasteiger partial charge in [-0.25, -0.2) is 23.2 Å². The van der Waals surface area contributed by atoms with Gasteiger partial charge < -0.3 is 9.57 Å². The molecule has 2 heterocycles. The van der Waals surface area contributed by atoms with Crippen molar-refractivity contribution in [1.82, 2.24) is 14.7 Å². The van der Waals surface area contributed by atoms with Gasteiger partial charge in [0.1, 0.15) is 12.2 Å². The molecule has 0 aliphatic rings. The van der Waals surface area contributed by atoms with Crippen LogP contribution in [0.2, 0.25) is 0 Å². The number of rotatable bonds is 6. The first-order chi connectivity index (χ1) is 13.2. The zero-order valence-corrected chi connectivity index (χ0v) is 16.9. The number of ether oxygens (including phenoxy) is 1. The van der Waals surface area contributed by atoms with E-state index >= 15 is 0 Å². The van der Waals surface area contributed by atoms with E-state index in [1.165, 1.54) is 6.20 Å². The van der Waals surface area contributed by atoms with E-state index in [2.05, 4.69) is 9.97 Å². The highest BCUT2D eigenvalue weighted by atomic mass is 32.2. The molecule has 0 aliphatic heterocycles. The van der Waals surface area contributed by atoms with Crippen molar-refractivity contribution < 1.29 is 22.8 Å². The summed E-state index contributed by atoms with van der Waals surface area (Å²) in [5.74, 6) is -0.627. The normalized spacial score (nSPS) is 11.8. The number of hydrogen-bond acceptors (Lipinski definition) is 7. The Labute approximate surface area is 163 Å². The topological polar surface area (TPSA) is 100 Å². The minimum Gasteiger partial charge on any atom is -0.459 e. The van der Waals surface area contributed by atoms with E-state index in [1.54, 1.807) is 24.8 Å². The minimum absolute atomic E-state index is 0.0838. The molecular weight excluding hydrogens is 382 g/mol. The fourth-order valence-corrected chi connectivity index (χ4v) is 3.26. The Morgan fingerprint density at radius 3 is 2.61 bits per heavy atom. The lowest BCUT2D eigenvalue weighted by atomic mass is 10.1. The Kier molecular flexibility index (Phi) is 5.37. The lowest BCUT2D eigenvalue weighted by molar-refractivity contribution is 0.0377. The number of nitrogens with zero attached hydrogens (tertiary/aromatic N) is 3. The largest absolute Gasteiger partial charge is 0.459 e. The predicted molar refractivity (Wildman–Crippen MR) is 104 cm³/mol. The molecule has 8 nitrogen and oxygen atoms in total. The third kappa shape index (κ3) is 3.84. The summed E-state index contributed by atoms with van der Waals surface area (Å²) in [6.07, 6.45) is 3.53. The summed E-state index contributed by atoms with van der Waals surface area (Å²) in [5, 5.41) is 0.393. The van der Waals surface area contributed by atoms with Crippen LogP contribution in [0.4, 0.5) is 0 Å². The van der Waals surface area contributed by atoms with E-state index in [-0.39, 0.29) is 22.5 Å². The van der Waals surface area contributed by atoms with Gasteiger partial charge in [0.25, 0.3) is 0 Å². The van der Waals surface area contributed by atoms with Crippen LogP contribution in [0.1, 0.15) is 31.1 Å². The van der Waals surface area contributed by atoms with Gasteiger partial charge in [-0.3, -0.25) is 0 Å². The molecule has 0 unspecified atom stereocenters. The highest BCUT2D eigenvalue weighted by Gasteiger charge is 2.24. The SMILES string of the molecule is CCOn1cc(-c2nc(S(C)(=O)=O)ncc2C(=O)OC(C)C)c2ccccc21. The van der Waals surface area contributed by atoms with E-state index in [4.69, 9.17) is 9.57 Å². The van der Waals surface area contributed by atoms with Crippen molar-refractivity contribution in [3.8, 4) is 11.3 Å². The molecule has 0 saturated carbocycles. The summed E-state index contributed by atoms with van der Waals surface area (Å²) in [4.78, 5) is 26.3. The van der Waals surface area contributed by atoms with Gasteiger partial charge in [0.15, 0.2) is 0 Å². The molecule has 0 atom stereocenters. The van der Waals surface area contributed by atoms with E-state index in [0.29, 0.717) is 12.2 Å². The standard InChI is InChI=1S/C19H21N3O5S/c1-5-26-22-11-15(13-8-6-7-9-16(13)22)17-14(18(23)27-12(2)3)10-20-19(21-17)28(4,24)25/h6-12H,5H2,1-4H3. The zero-order valence-electron chi connectivity index (χ0n) is 16.0. The summed E-state index contributed by atoms with van der Waals surface area (Å²) < 4.78 is 30.8. The number of fused-ring (bicyclic) bond motifs is 1. The van der Waals surface area contributed by atoms with E-state index in [0.717, 1.165) is 17.2 Å². The summed E-state index contributed by atoms with van der Waals surface area (Å²) in [6.45, 7) is 5.74. The van der Waals surface area contributed by atoms with Crippen molar-refractivity contribution in [3.63, 3.8) is 0 Å². The number of para-hydroxylation sites is 1. The third-order valence-corrected chi connectivity index (χ3v) is 4.72. The molecule has 3 aromatic rings. The van der Waals surface area contributed by atoms with Gasteiger partial charge in [0.05, 0.1) is 23.5 Å². The molecule has 0 radical (unpaired) electrons. The van der Waals surface area contributed by atoms with E-state index in [1.807, 2.05) is 31.2 Å². The van der Waals surface area contributed by atoms with Crippen molar-refractivity contribution >= 4 is 26.7 Å². The van der Waals surface area contributed by atoms with Crippen molar-refractivity contribution in [2.45, 2.75) is 32.0 Å². The molecule has 9 heteroatoms. The first-order valence-corrected chi connectivity index (χ1v) is 10.6. The highest BCUT2D eigenvalue weighted by molar-refractivity contribution is 7.90. The third-order valence-electron chi connectivity index (χ3n) is 3.86. The molecule has 0 N–H and O–H groups in total. The maximum Gasteiger partial charge on any atom is 0.342 e. The minimum atomic E-state index is -3.67. The van der Waals surface area contributed by atoms with Crippen LogP contribution in [0.3, 0.4) is 0 Å². The van der Waals surface area contributed by atoms with Crippen molar-refractivity contribution in [2.75, 3.05) is 12.9 Å². The average molecular weight is 403 g/mol. The molecule has 0 spiro atoms. The van der Waals surface area contributed by atoms with Gasteiger partial charge in [0, 0.05) is 23.4 Å². The monoisotopic (exact) mass is 403 g/mol. The molecule has 0 fully saturated rings. The van der Waals surface area contributed by atoms with Crippen LogP contribution in [0.15, 0.2) is 41.8 Å². The maximum absolute atomic E-state index is 12.6. The second-order valence-electron chi connectivity index (χ2n) is 6.44. The average Bonchev–Trinajstić information content (AvgIpc) is 2.99. The van der Waals surface area contributed by atoms with Gasteiger partial charge in [-0.2, -0.15) is 4.73 Å². The number of esters is 1. The van der Waals surface area contributed by atoms with Gasteiger partial charge in [-0.05, 0) is 26.8 Å². The van der Waals surface area contributed by atoms with Crippen LogP contribution in [0, 0.1) is 0 Å². The van der Waals surface area contributed by atoms with Crippen molar-refractivity contribution in [2.24, 2.45) is 0 Å². The summed E-state index contributed by atoms with van der Waals surface area (Å²) in [6, 6.07) is 7.41. The molecule has 2 aromatic heterocycles. The van der Waals surface area contributed by atoms with Gasteiger partial charge in [0.2, 0.25) is 15.0 Å². The van der Waals surface area contributed by atoms with Crippen LogP contribution in [-0.4, -0.2) is 48.1 Å². The molecule has 3 rings (SSSR count). The lowest BCUT2D eigenvalue weighted by Crippen LogP contribution is -2.15. The molecule has 0 saturated heterocycles. The molecular formula is C19H21N3O5S. The maximum atomic E-state index is 12.6. The smallest absolute Gasteiger partial charge is 0.342 e. The Balaban J connectivity index is 2.30. The first-order valence-electron chi connectivity index (χ1n) is 8.74. The molecule has 0 amide bonds. The molecule has 0 bridgehead atoms. The molecule has 148 valence electrons. The van der Waals surface area contributed by atoms with Crippen molar-refractivity contribution in [1.29, 1.82) is 0 Å². The molecule has 1 aromatic carbocycles. The fraction of sp³-hybridized carbons (Fsp3) is 0.316. The Bertz CT molecular complexity index is 1140. The van der Waals surface area contributed by atoms with Crippen LogP contribution in [0.5, 0.6) is 0 Å². The van der Waals surface area contributed by atoms with Gasteiger partial charge >= 0.3 is 5.97 Å². The quantitative estimate of drug-likeness (QED) is 0.460. The summed E-state index contributed by atoms with van der Waals surface area (Å²) in [7, 11) is -3.67. The molecule has 0 aliphatic carbocycles. The lowest BCUT2D eigenvalue weighted by Gasteiger charge is -2.11. The second-order valence-corrected chi connectivity index (χ2v) is 8.35. The summed E-state index contributed by atoms with van der Waals surface area (Å²) in [5.41, 5.74) is 1.57. The number of carbonyl (C=O) groups is 1. The van der Waals surface area contributed by atoms with E-state index in [9.17, 15) is 13.2 Å². The number of sulfone groups is 1. The van der Waals surface area contributed by atoms with Gasteiger partial charge in [-0.1, -0.05) is 18.2 Å². The Morgan fingerprint density at radius 1 is 1.25 bits per heavy atom. The molecule has 28 heavy (non-hydrogen) atoms. The number of carbonyl (C=O) groups excluding carboxylic acids is 1. The van der Waals surface area contributed by atoms with Gasteiger partial charge in [-0.15, -0.1) is 0 Å². The highest BCUT2D eigenvalue weighted by Crippen LogP contribution is 2.32. The number of aromatic nitrogens is 3. The fourth-order valence-electron chi connectivity index (χ4n) is 2.76. The zero-order chi connectivity index (χ0) is 20.5. The number of hydrogen-bond donors (Lipinski definition) is 0. The predicted octanol–water partition coefficient (Wildman–Crippen LogP) is 2.52. The van der Waals surface area contributed by atoms with E-state index < -0.39 is 15.8 Å². The van der Waals surface area contributed by atoms with Crippen LogP contribution < -0.4 is 4.84 Å². The second kappa shape index (κ2) is 7.59. The number of benzene rings is 1.